The fourth-order valence-corrected chi connectivity index (χ4v) is 5.45. The molecule has 3 atom stereocenters. The summed E-state index contributed by atoms with van der Waals surface area (Å²) in [6.07, 6.45) is 3.18. The Kier molecular flexibility index (Phi) is 5.67. The van der Waals surface area contributed by atoms with Crippen LogP contribution >= 0.6 is 34.5 Å². The molecule has 0 radical (unpaired) electrons. The molecule has 0 saturated heterocycles. The maximum Gasteiger partial charge on any atom is 0.203 e. The minimum Gasteiger partial charge on any atom is -0.254 e. The first-order chi connectivity index (χ1) is 13.1. The summed E-state index contributed by atoms with van der Waals surface area (Å²) >= 11 is 14.7. The highest BCUT2D eigenvalue weighted by atomic mass is 35.5. The van der Waals surface area contributed by atoms with Crippen LogP contribution < -0.4 is 4.80 Å². The number of nitrogens with zero attached hydrogens (tertiary/aromatic N) is 3. The number of hydrogen-bond acceptors (Lipinski definition) is 3. The van der Waals surface area contributed by atoms with Gasteiger partial charge in [-0.15, -0.1) is 11.6 Å². The molecule has 3 aromatic rings. The molecule has 1 heterocycles. The molecule has 4 rings (SSSR count). The summed E-state index contributed by atoms with van der Waals surface area (Å²) in [4.78, 5) is 6.00. The van der Waals surface area contributed by atoms with Crippen LogP contribution in [0.15, 0.2) is 59.6 Å². The van der Waals surface area contributed by atoms with Gasteiger partial charge in [0.05, 0.1) is 11.1 Å². The summed E-state index contributed by atoms with van der Waals surface area (Å²) in [5, 5.41) is 6.35. The lowest BCUT2D eigenvalue weighted by Crippen LogP contribution is -2.32. The van der Waals surface area contributed by atoms with Gasteiger partial charge in [0.2, 0.25) is 4.80 Å². The van der Waals surface area contributed by atoms with Crippen LogP contribution in [-0.2, 0) is 7.05 Å². The van der Waals surface area contributed by atoms with Crippen molar-refractivity contribution in [2.45, 2.75) is 36.6 Å². The first-order valence-corrected chi connectivity index (χ1v) is 10.8. The molecule has 3 nitrogen and oxygen atoms in total. The van der Waals surface area contributed by atoms with Crippen molar-refractivity contribution in [3.8, 4) is 10.6 Å². The topological polar surface area (TPSA) is 30.2 Å². The third-order valence-electron chi connectivity index (χ3n) is 5.05. The zero-order valence-electron chi connectivity index (χ0n) is 15.1. The SMILES string of the molecule is Cn1nc(-c2ccccc2Cl)sc1=NC1CCCC(Cl)C1c1ccccc1. The monoisotopic (exact) mass is 417 g/mol. The van der Waals surface area contributed by atoms with Gasteiger partial charge in [0.1, 0.15) is 5.01 Å². The molecule has 0 bridgehead atoms. The highest BCUT2D eigenvalue weighted by molar-refractivity contribution is 7.12. The number of aryl methyl sites for hydroxylation is 1. The van der Waals surface area contributed by atoms with Crippen LogP contribution in [0.2, 0.25) is 5.02 Å². The molecule has 140 valence electrons. The van der Waals surface area contributed by atoms with E-state index < -0.39 is 0 Å². The largest absolute Gasteiger partial charge is 0.254 e. The minimum absolute atomic E-state index is 0.108. The Morgan fingerprint density at radius 2 is 1.81 bits per heavy atom. The van der Waals surface area contributed by atoms with Crippen molar-refractivity contribution >= 4 is 34.5 Å². The van der Waals surface area contributed by atoms with Gasteiger partial charge in [0, 0.05) is 23.9 Å². The Balaban J connectivity index is 1.73. The third kappa shape index (κ3) is 3.98. The summed E-state index contributed by atoms with van der Waals surface area (Å²) in [6.45, 7) is 0. The number of rotatable bonds is 3. The molecule has 0 aliphatic heterocycles. The lowest BCUT2D eigenvalue weighted by molar-refractivity contribution is 0.386. The molecule has 2 aromatic carbocycles. The van der Waals surface area contributed by atoms with Gasteiger partial charge in [-0.2, -0.15) is 5.10 Å². The molecule has 1 aromatic heterocycles. The van der Waals surface area contributed by atoms with Crippen LogP contribution in [0.1, 0.15) is 30.7 Å². The van der Waals surface area contributed by atoms with Crippen molar-refractivity contribution in [3.05, 3.63) is 70.0 Å². The fraction of sp³-hybridized carbons (Fsp3) is 0.333. The second kappa shape index (κ2) is 8.17. The second-order valence-electron chi connectivity index (χ2n) is 6.87. The van der Waals surface area contributed by atoms with Crippen molar-refractivity contribution in [1.29, 1.82) is 0 Å². The van der Waals surface area contributed by atoms with Gasteiger partial charge in [0.25, 0.3) is 0 Å². The zero-order valence-corrected chi connectivity index (χ0v) is 17.4. The van der Waals surface area contributed by atoms with E-state index in [0.29, 0.717) is 5.02 Å². The van der Waals surface area contributed by atoms with Crippen LogP contribution in [0.3, 0.4) is 0 Å². The maximum absolute atomic E-state index is 6.74. The normalized spacial score (nSPS) is 23.5. The zero-order chi connectivity index (χ0) is 18.8. The lowest BCUT2D eigenvalue weighted by atomic mass is 9.80. The van der Waals surface area contributed by atoms with Crippen LogP contribution in [0.25, 0.3) is 10.6 Å². The quantitative estimate of drug-likeness (QED) is 0.506. The van der Waals surface area contributed by atoms with Crippen molar-refractivity contribution < 1.29 is 0 Å². The van der Waals surface area contributed by atoms with Crippen molar-refractivity contribution in [3.63, 3.8) is 0 Å². The van der Waals surface area contributed by atoms with E-state index in [4.69, 9.17) is 28.2 Å². The van der Waals surface area contributed by atoms with E-state index in [2.05, 4.69) is 29.4 Å². The third-order valence-corrected chi connectivity index (χ3v) is 6.92. The molecule has 1 aliphatic rings. The number of alkyl halides is 1. The maximum atomic E-state index is 6.74. The molecular weight excluding hydrogens is 397 g/mol. The van der Waals surface area contributed by atoms with Crippen LogP contribution in [-0.4, -0.2) is 21.2 Å². The number of aromatic nitrogens is 2. The standard InChI is InChI=1S/C21H21Cl2N3S/c1-26-21(27-20(25-26)15-10-5-6-11-16(15)22)24-18-13-7-12-17(23)19(18)14-8-3-2-4-9-14/h2-6,8-11,17-19H,7,12-13H2,1H3. The molecule has 27 heavy (non-hydrogen) atoms. The lowest BCUT2D eigenvalue weighted by Gasteiger charge is -2.33. The molecule has 1 fully saturated rings. The molecule has 3 unspecified atom stereocenters. The molecular formula is C21H21Cl2N3S. The molecule has 0 amide bonds. The summed E-state index contributed by atoms with van der Waals surface area (Å²) < 4.78 is 1.85. The predicted octanol–water partition coefficient (Wildman–Crippen LogP) is 5.65. The smallest absolute Gasteiger partial charge is 0.203 e. The summed E-state index contributed by atoms with van der Waals surface area (Å²) in [6, 6.07) is 18.5. The van der Waals surface area contributed by atoms with E-state index in [1.807, 2.05) is 42.1 Å². The Bertz CT molecular complexity index is 980. The molecule has 1 aliphatic carbocycles. The summed E-state index contributed by atoms with van der Waals surface area (Å²) in [7, 11) is 1.94. The average Bonchev–Trinajstić information content (AvgIpc) is 3.03. The average molecular weight is 418 g/mol. The Morgan fingerprint density at radius 1 is 1.07 bits per heavy atom. The van der Waals surface area contributed by atoms with Gasteiger partial charge in [-0.3, -0.25) is 4.99 Å². The van der Waals surface area contributed by atoms with Gasteiger partial charge in [-0.05, 0) is 30.9 Å². The minimum atomic E-state index is 0.108. The van der Waals surface area contributed by atoms with Gasteiger partial charge < -0.3 is 0 Å². The van der Waals surface area contributed by atoms with Crippen molar-refractivity contribution in [2.75, 3.05) is 0 Å². The molecule has 1 saturated carbocycles. The molecule has 6 heteroatoms. The fourth-order valence-electron chi connectivity index (χ4n) is 3.72. The van der Waals surface area contributed by atoms with Gasteiger partial charge >= 0.3 is 0 Å². The van der Waals surface area contributed by atoms with E-state index in [1.54, 1.807) is 11.3 Å². The summed E-state index contributed by atoms with van der Waals surface area (Å²) in [5.74, 6) is 0.229. The number of halogens is 2. The first-order valence-electron chi connectivity index (χ1n) is 9.15. The van der Waals surface area contributed by atoms with E-state index in [0.717, 1.165) is 34.6 Å². The Morgan fingerprint density at radius 3 is 2.59 bits per heavy atom. The van der Waals surface area contributed by atoms with E-state index >= 15 is 0 Å². The van der Waals surface area contributed by atoms with Crippen molar-refractivity contribution in [1.82, 2.24) is 9.78 Å². The first kappa shape index (κ1) is 18.7. The van der Waals surface area contributed by atoms with Gasteiger partial charge in [-0.25, -0.2) is 4.68 Å². The highest BCUT2D eigenvalue weighted by Crippen LogP contribution is 2.38. The molecule has 0 N–H and O–H groups in total. The Hall–Kier alpha value is -1.62. The highest BCUT2D eigenvalue weighted by Gasteiger charge is 2.33. The van der Waals surface area contributed by atoms with E-state index in [9.17, 15) is 0 Å². The van der Waals surface area contributed by atoms with Crippen LogP contribution in [0.5, 0.6) is 0 Å². The van der Waals surface area contributed by atoms with Gasteiger partial charge in [-0.1, -0.05) is 71.5 Å². The van der Waals surface area contributed by atoms with E-state index in [1.165, 1.54) is 5.56 Å². The number of hydrogen-bond donors (Lipinski definition) is 0. The molecule has 0 spiro atoms. The predicted molar refractivity (Wildman–Crippen MR) is 114 cm³/mol. The van der Waals surface area contributed by atoms with Gasteiger partial charge in [0.15, 0.2) is 0 Å². The van der Waals surface area contributed by atoms with E-state index in [-0.39, 0.29) is 17.3 Å². The second-order valence-corrected chi connectivity index (χ2v) is 8.80. The van der Waals surface area contributed by atoms with Crippen LogP contribution in [0.4, 0.5) is 0 Å². The summed E-state index contributed by atoms with van der Waals surface area (Å²) in [5.41, 5.74) is 2.21. The van der Waals surface area contributed by atoms with Crippen molar-refractivity contribution in [2.24, 2.45) is 12.0 Å². The Labute approximate surface area is 173 Å². The number of benzene rings is 2. The van der Waals surface area contributed by atoms with Crippen LogP contribution in [0, 0.1) is 0 Å².